The van der Waals surface area contributed by atoms with Crippen molar-refractivity contribution in [3.63, 3.8) is 0 Å². The second-order valence-electron chi connectivity index (χ2n) is 9.91. The minimum atomic E-state index is -0.827. The van der Waals surface area contributed by atoms with Crippen molar-refractivity contribution in [3.8, 4) is 0 Å². The first-order valence-electron chi connectivity index (χ1n) is 11.9. The van der Waals surface area contributed by atoms with E-state index in [1.54, 1.807) is 11.8 Å². The Morgan fingerprint density at radius 2 is 1.76 bits per heavy atom. The molecule has 1 aliphatic heterocycles. The maximum absolute atomic E-state index is 13.9. The summed E-state index contributed by atoms with van der Waals surface area (Å²) in [4.78, 5) is 54.4. The van der Waals surface area contributed by atoms with Gasteiger partial charge in [-0.15, -0.1) is 0 Å². The molecule has 0 unspecified atom stereocenters. The lowest BCUT2D eigenvalue weighted by atomic mass is 9.93. The number of halogens is 1. The van der Waals surface area contributed by atoms with Crippen LogP contribution < -0.4 is 16.4 Å². The molecule has 0 radical (unpaired) electrons. The van der Waals surface area contributed by atoms with Gasteiger partial charge in [0.05, 0.1) is 17.0 Å². The van der Waals surface area contributed by atoms with Gasteiger partial charge in [-0.2, -0.15) is 5.10 Å². The van der Waals surface area contributed by atoms with Crippen LogP contribution in [0.3, 0.4) is 0 Å². The highest BCUT2D eigenvalue weighted by molar-refractivity contribution is 6.03. The van der Waals surface area contributed by atoms with E-state index >= 15 is 0 Å². The molecule has 37 heavy (non-hydrogen) atoms. The van der Waals surface area contributed by atoms with E-state index in [1.807, 2.05) is 20.8 Å². The number of ether oxygens (including phenoxy) is 1. The zero-order valence-corrected chi connectivity index (χ0v) is 21.1. The van der Waals surface area contributed by atoms with Gasteiger partial charge < -0.3 is 14.6 Å². The van der Waals surface area contributed by atoms with Crippen LogP contribution in [0.2, 0.25) is 0 Å². The summed E-state index contributed by atoms with van der Waals surface area (Å²) in [6.45, 7) is 7.93. The third kappa shape index (κ3) is 5.63. The molecule has 2 aromatic heterocycles. The largest absolute Gasteiger partial charge is 0.444 e. The Kier molecular flexibility index (Phi) is 7.01. The first-order chi connectivity index (χ1) is 17.4. The highest BCUT2D eigenvalue weighted by Crippen LogP contribution is 2.29. The number of aromatic nitrogens is 3. The number of likely N-dealkylation sites (tertiary alicyclic amines) is 1. The average Bonchev–Trinajstić information content (AvgIpc) is 3.16. The smallest absolute Gasteiger partial charge is 0.410 e. The maximum atomic E-state index is 13.9. The molecule has 0 bridgehead atoms. The van der Waals surface area contributed by atoms with Crippen LogP contribution in [0.1, 0.15) is 71.6 Å². The molecular formula is C25H29FN6O5. The van der Waals surface area contributed by atoms with Crippen molar-refractivity contribution in [1.29, 1.82) is 0 Å². The lowest BCUT2D eigenvalue weighted by molar-refractivity contribution is 0.0203. The molecule has 3 N–H and O–H groups in total. The van der Waals surface area contributed by atoms with Crippen molar-refractivity contribution >= 4 is 23.6 Å². The van der Waals surface area contributed by atoms with Crippen molar-refractivity contribution < 1.29 is 23.5 Å². The van der Waals surface area contributed by atoms with Gasteiger partial charge in [0.1, 0.15) is 22.6 Å². The molecule has 1 saturated heterocycles. The lowest BCUT2D eigenvalue weighted by Gasteiger charge is -2.33. The lowest BCUT2D eigenvalue weighted by Crippen LogP contribution is -2.42. The summed E-state index contributed by atoms with van der Waals surface area (Å²) in [6, 6.07) is 6.81. The summed E-state index contributed by atoms with van der Waals surface area (Å²) in [5.74, 6) is -2.36. The summed E-state index contributed by atoms with van der Waals surface area (Å²) >= 11 is 0. The van der Waals surface area contributed by atoms with E-state index in [0.29, 0.717) is 37.3 Å². The van der Waals surface area contributed by atoms with Gasteiger partial charge in [-0.3, -0.25) is 25.2 Å². The number of carbonyl (C=O) groups excluding carboxylic acids is 3. The maximum Gasteiger partial charge on any atom is 0.410 e. The van der Waals surface area contributed by atoms with Crippen LogP contribution in [0.25, 0.3) is 5.65 Å². The molecule has 3 aromatic rings. The second-order valence-corrected chi connectivity index (χ2v) is 9.91. The van der Waals surface area contributed by atoms with Crippen LogP contribution in [0.4, 0.5) is 9.18 Å². The highest BCUT2D eigenvalue weighted by atomic mass is 19.1. The van der Waals surface area contributed by atoms with E-state index in [4.69, 9.17) is 4.74 Å². The first-order valence-corrected chi connectivity index (χ1v) is 11.9. The molecule has 0 atom stereocenters. The van der Waals surface area contributed by atoms with Crippen LogP contribution >= 0.6 is 0 Å². The quantitative estimate of drug-likeness (QED) is 0.462. The number of rotatable bonds is 3. The predicted octanol–water partition coefficient (Wildman–Crippen LogP) is 2.66. The normalized spacial score (nSPS) is 14.5. The van der Waals surface area contributed by atoms with Crippen molar-refractivity contribution in [2.45, 2.75) is 52.1 Å². The van der Waals surface area contributed by atoms with Crippen molar-refractivity contribution in [1.82, 2.24) is 30.3 Å². The number of aromatic amines is 1. The third-order valence-electron chi connectivity index (χ3n) is 6.03. The van der Waals surface area contributed by atoms with E-state index in [1.165, 1.54) is 28.8 Å². The molecule has 196 valence electrons. The standard InChI is InChI=1S/C25H29FN6O5/c1-14-20(23(35)29-28-22(34)16-7-5-6-8-17(16)26)21-27-19(33)13-18(32(21)30-14)15-9-11-31(12-10-15)24(36)37-25(2,3)4/h5-8,13,15H,9-12H2,1-4H3,(H,27,33)(H,28,34)(H,29,35). The molecule has 0 aliphatic carbocycles. The zero-order chi connectivity index (χ0) is 26.9. The second kappa shape index (κ2) is 10.0. The monoisotopic (exact) mass is 512 g/mol. The number of piperidine rings is 1. The fourth-order valence-corrected chi connectivity index (χ4v) is 4.31. The van der Waals surface area contributed by atoms with Crippen molar-refractivity contribution in [2.75, 3.05) is 13.1 Å². The highest BCUT2D eigenvalue weighted by Gasteiger charge is 2.30. The minimum absolute atomic E-state index is 0.0685. The topological polar surface area (TPSA) is 138 Å². The van der Waals surface area contributed by atoms with E-state index in [-0.39, 0.29) is 28.8 Å². The summed E-state index contributed by atoms with van der Waals surface area (Å²) in [5.41, 5.74) is 4.39. The van der Waals surface area contributed by atoms with E-state index in [0.717, 1.165) is 6.07 Å². The molecule has 4 rings (SSSR count). The number of hydrogen-bond donors (Lipinski definition) is 3. The van der Waals surface area contributed by atoms with Crippen molar-refractivity contribution in [2.24, 2.45) is 0 Å². The molecule has 0 saturated carbocycles. The minimum Gasteiger partial charge on any atom is -0.444 e. The molecular weight excluding hydrogens is 483 g/mol. The number of nitrogens with zero attached hydrogens (tertiary/aromatic N) is 3. The molecule has 1 fully saturated rings. The molecule has 1 aromatic carbocycles. The molecule has 3 amide bonds. The fraction of sp³-hybridized carbons (Fsp3) is 0.400. The van der Waals surface area contributed by atoms with E-state index < -0.39 is 28.8 Å². The van der Waals surface area contributed by atoms with E-state index in [2.05, 4.69) is 20.9 Å². The Hall–Kier alpha value is -4.22. The van der Waals surface area contributed by atoms with Gasteiger partial charge in [-0.05, 0) is 52.7 Å². The number of amides is 3. The molecule has 1 aliphatic rings. The summed E-state index contributed by atoms with van der Waals surface area (Å²) in [5, 5.41) is 4.46. The average molecular weight is 513 g/mol. The Morgan fingerprint density at radius 3 is 2.41 bits per heavy atom. The number of aryl methyl sites for hydroxylation is 1. The van der Waals surface area contributed by atoms with Crippen LogP contribution in [-0.2, 0) is 4.74 Å². The summed E-state index contributed by atoms with van der Waals surface area (Å²) in [6.07, 6.45) is 0.779. The third-order valence-corrected chi connectivity index (χ3v) is 6.03. The first kappa shape index (κ1) is 25.9. The van der Waals surface area contributed by atoms with Gasteiger partial charge in [-0.1, -0.05) is 12.1 Å². The molecule has 12 heteroatoms. The Bertz CT molecular complexity index is 1420. The van der Waals surface area contributed by atoms with Crippen LogP contribution in [0, 0.1) is 12.7 Å². The number of nitrogens with one attached hydrogen (secondary N) is 3. The van der Waals surface area contributed by atoms with Gasteiger partial charge in [0.2, 0.25) is 0 Å². The van der Waals surface area contributed by atoms with Crippen LogP contribution in [0.15, 0.2) is 35.1 Å². The SMILES string of the molecule is Cc1nn2c(C3CCN(C(=O)OC(C)(C)C)CC3)cc(=O)[nH]c2c1C(=O)NNC(=O)c1ccccc1F. The fourth-order valence-electron chi connectivity index (χ4n) is 4.31. The van der Waals surface area contributed by atoms with Crippen molar-refractivity contribution in [3.05, 3.63) is 69.0 Å². The zero-order valence-electron chi connectivity index (χ0n) is 21.1. The van der Waals surface area contributed by atoms with Gasteiger partial charge >= 0.3 is 6.09 Å². The van der Waals surface area contributed by atoms with Gasteiger partial charge in [-0.25, -0.2) is 13.7 Å². The number of carbonyl (C=O) groups is 3. The Labute approximate surface area is 212 Å². The number of H-pyrrole nitrogens is 1. The van der Waals surface area contributed by atoms with Crippen LogP contribution in [0.5, 0.6) is 0 Å². The molecule has 3 heterocycles. The molecule has 0 spiro atoms. The summed E-state index contributed by atoms with van der Waals surface area (Å²) in [7, 11) is 0. The Balaban J connectivity index is 1.52. The van der Waals surface area contributed by atoms with Gasteiger partial charge in [0, 0.05) is 25.1 Å². The summed E-state index contributed by atoms with van der Waals surface area (Å²) < 4.78 is 20.8. The Morgan fingerprint density at radius 1 is 1.11 bits per heavy atom. The van der Waals surface area contributed by atoms with Crippen LogP contribution in [-0.4, -0.2) is 56.1 Å². The van der Waals surface area contributed by atoms with E-state index in [9.17, 15) is 23.6 Å². The number of benzene rings is 1. The van der Waals surface area contributed by atoms with Gasteiger partial charge in [0.25, 0.3) is 17.4 Å². The van der Waals surface area contributed by atoms with Gasteiger partial charge in [0.15, 0.2) is 0 Å². The number of hydrogen-bond acceptors (Lipinski definition) is 6. The molecule has 11 nitrogen and oxygen atoms in total. The predicted molar refractivity (Wildman–Crippen MR) is 132 cm³/mol. The number of fused-ring (bicyclic) bond motifs is 1. The number of hydrazine groups is 1.